The molecule has 116 valence electrons. The van der Waals surface area contributed by atoms with E-state index in [2.05, 4.69) is 25.9 Å². The Bertz CT molecular complexity index is 660. The predicted molar refractivity (Wildman–Crippen MR) is 77.4 cm³/mol. The molecule has 0 fully saturated rings. The highest BCUT2D eigenvalue weighted by atomic mass is 19.4. The van der Waals surface area contributed by atoms with Gasteiger partial charge in [-0.25, -0.2) is 4.98 Å². The number of rotatable bonds is 4. The van der Waals surface area contributed by atoms with Crippen LogP contribution in [-0.4, -0.2) is 23.2 Å². The zero-order valence-corrected chi connectivity index (χ0v) is 11.5. The van der Waals surface area contributed by atoms with Crippen molar-refractivity contribution < 1.29 is 13.2 Å². The second-order valence-corrected chi connectivity index (χ2v) is 4.16. The molecular formula is C13H13F3N6. The summed E-state index contributed by atoms with van der Waals surface area (Å²) < 4.78 is 38.3. The Morgan fingerprint density at radius 1 is 1.36 bits per heavy atom. The maximum Gasteiger partial charge on any atom is 0.421 e. The lowest BCUT2D eigenvalue weighted by molar-refractivity contribution is -0.137. The zero-order valence-electron chi connectivity index (χ0n) is 11.5. The largest absolute Gasteiger partial charge is 0.421 e. The van der Waals surface area contributed by atoms with E-state index in [1.54, 1.807) is 24.4 Å². The highest BCUT2D eigenvalue weighted by Crippen LogP contribution is 2.33. The minimum absolute atomic E-state index is 0.0481. The second-order valence-electron chi connectivity index (χ2n) is 4.16. The molecule has 1 aliphatic rings. The molecule has 0 unspecified atom stereocenters. The summed E-state index contributed by atoms with van der Waals surface area (Å²) in [4.78, 5) is 7.43. The quantitative estimate of drug-likeness (QED) is 0.642. The molecule has 0 saturated carbocycles. The van der Waals surface area contributed by atoms with E-state index in [1.165, 1.54) is 7.05 Å². The molecule has 0 amide bonds. The monoisotopic (exact) mass is 310 g/mol. The van der Waals surface area contributed by atoms with Gasteiger partial charge in [-0.15, -0.1) is 0 Å². The Kier molecular flexibility index (Phi) is 4.44. The average Bonchev–Trinajstić information content (AvgIpc) is 2.52. The van der Waals surface area contributed by atoms with E-state index in [9.17, 15) is 13.2 Å². The van der Waals surface area contributed by atoms with Gasteiger partial charge in [-0.3, -0.25) is 0 Å². The maximum atomic E-state index is 12.8. The molecule has 1 aliphatic heterocycles. The second kappa shape index (κ2) is 6.29. The predicted octanol–water partition coefficient (Wildman–Crippen LogP) is 2.48. The minimum atomic E-state index is -4.54. The third kappa shape index (κ3) is 3.43. The molecule has 0 aromatic carbocycles. The Morgan fingerprint density at radius 3 is 2.68 bits per heavy atom. The number of nitrogens with zero attached hydrogens (tertiary/aromatic N) is 2. The van der Waals surface area contributed by atoms with Gasteiger partial charge in [0, 0.05) is 25.7 Å². The highest BCUT2D eigenvalue weighted by Gasteiger charge is 2.35. The molecule has 0 atom stereocenters. The van der Waals surface area contributed by atoms with Gasteiger partial charge in [-0.05, 0) is 12.2 Å². The summed E-state index contributed by atoms with van der Waals surface area (Å²) >= 11 is 0. The van der Waals surface area contributed by atoms with Crippen LogP contribution in [0.25, 0.3) is 0 Å². The molecule has 0 spiro atoms. The number of halogens is 3. The first-order valence-corrected chi connectivity index (χ1v) is 6.19. The number of dihydropyridines is 1. The first-order chi connectivity index (χ1) is 10.5. The molecule has 1 aromatic rings. The van der Waals surface area contributed by atoms with Crippen LogP contribution in [0.2, 0.25) is 0 Å². The van der Waals surface area contributed by atoms with Crippen LogP contribution in [-0.2, 0) is 6.18 Å². The van der Waals surface area contributed by atoms with E-state index in [0.717, 1.165) is 6.21 Å². The summed E-state index contributed by atoms with van der Waals surface area (Å²) in [5, 5.41) is 15.4. The molecule has 2 heterocycles. The highest BCUT2D eigenvalue weighted by molar-refractivity contribution is 5.82. The third-order valence-electron chi connectivity index (χ3n) is 2.72. The number of allylic oxidation sites excluding steroid dienone is 4. The molecule has 22 heavy (non-hydrogen) atoms. The summed E-state index contributed by atoms with van der Waals surface area (Å²) in [5.41, 5.74) is -0.0577. The van der Waals surface area contributed by atoms with Crippen LogP contribution in [0.15, 0.2) is 42.0 Å². The van der Waals surface area contributed by atoms with Crippen LogP contribution in [0.5, 0.6) is 0 Å². The molecule has 0 saturated heterocycles. The van der Waals surface area contributed by atoms with Crippen LogP contribution < -0.4 is 16.0 Å². The van der Waals surface area contributed by atoms with Crippen LogP contribution in [0.4, 0.5) is 24.9 Å². The smallest absolute Gasteiger partial charge is 0.372 e. The van der Waals surface area contributed by atoms with Gasteiger partial charge in [-0.1, -0.05) is 6.08 Å². The number of anilines is 2. The van der Waals surface area contributed by atoms with Crippen molar-refractivity contribution in [3.05, 3.63) is 47.6 Å². The zero-order chi connectivity index (χ0) is 16.2. The number of hydrogen-bond acceptors (Lipinski definition) is 6. The Morgan fingerprint density at radius 2 is 2.14 bits per heavy atom. The van der Waals surface area contributed by atoms with E-state index in [1.807, 2.05) is 0 Å². The first-order valence-electron chi connectivity index (χ1n) is 6.19. The van der Waals surface area contributed by atoms with Crippen molar-refractivity contribution in [2.75, 3.05) is 17.7 Å². The fourth-order valence-electron chi connectivity index (χ4n) is 1.70. The van der Waals surface area contributed by atoms with E-state index in [-0.39, 0.29) is 11.8 Å². The van der Waals surface area contributed by atoms with Crippen molar-refractivity contribution in [2.24, 2.45) is 0 Å². The van der Waals surface area contributed by atoms with Crippen LogP contribution in [0.3, 0.4) is 0 Å². The van der Waals surface area contributed by atoms with Crippen LogP contribution >= 0.6 is 0 Å². The molecule has 0 bridgehead atoms. The van der Waals surface area contributed by atoms with Crippen molar-refractivity contribution in [3.63, 3.8) is 0 Å². The third-order valence-corrected chi connectivity index (χ3v) is 2.72. The Balaban J connectivity index is 2.32. The van der Waals surface area contributed by atoms with E-state index in [4.69, 9.17) is 5.41 Å². The van der Waals surface area contributed by atoms with Crippen LogP contribution in [0, 0.1) is 5.41 Å². The average molecular weight is 310 g/mol. The minimum Gasteiger partial charge on any atom is -0.372 e. The van der Waals surface area contributed by atoms with Gasteiger partial charge in [0.05, 0.1) is 11.4 Å². The summed E-state index contributed by atoms with van der Waals surface area (Å²) in [5.74, 6) is -0.389. The molecule has 0 aliphatic carbocycles. The molecule has 9 heteroatoms. The van der Waals surface area contributed by atoms with E-state index < -0.39 is 11.7 Å². The van der Waals surface area contributed by atoms with Gasteiger partial charge in [0.2, 0.25) is 5.95 Å². The fraction of sp³-hybridized carbons (Fsp3) is 0.154. The molecule has 1 aromatic heterocycles. The van der Waals surface area contributed by atoms with Crippen molar-refractivity contribution in [2.45, 2.75) is 6.18 Å². The SMILES string of the molecule is CNc1nc(N/C(C=N)=C2\C=CC=CN2)ncc1C(F)(F)F. The lowest BCUT2D eigenvalue weighted by atomic mass is 10.2. The van der Waals surface area contributed by atoms with Crippen molar-refractivity contribution in [3.8, 4) is 0 Å². The normalized spacial score (nSPS) is 16.0. The molecular weight excluding hydrogens is 297 g/mol. The Labute approximate surface area is 124 Å². The van der Waals surface area contributed by atoms with E-state index >= 15 is 0 Å². The van der Waals surface area contributed by atoms with Gasteiger partial charge in [0.15, 0.2) is 0 Å². The number of aromatic nitrogens is 2. The van der Waals surface area contributed by atoms with Crippen LogP contribution in [0.1, 0.15) is 5.56 Å². The van der Waals surface area contributed by atoms with Crippen molar-refractivity contribution in [1.82, 2.24) is 15.3 Å². The standard InChI is InChI=1S/C13H13F3N6/c1-18-11-8(13(14,15)16)7-20-12(22-11)21-10(6-17)9-4-2-3-5-19-9/h2-7,17,19H,1H3,(H2,18,20,21,22)/b10-9+,17-6?. The van der Waals surface area contributed by atoms with Gasteiger partial charge >= 0.3 is 6.18 Å². The van der Waals surface area contributed by atoms with Gasteiger partial charge < -0.3 is 21.4 Å². The first kappa shape index (κ1) is 15.5. The number of alkyl halides is 3. The van der Waals surface area contributed by atoms with E-state index in [0.29, 0.717) is 17.6 Å². The Hall–Kier alpha value is -2.84. The van der Waals surface area contributed by atoms with Crippen molar-refractivity contribution in [1.29, 1.82) is 5.41 Å². The molecule has 2 rings (SSSR count). The molecule has 4 N–H and O–H groups in total. The summed E-state index contributed by atoms with van der Waals surface area (Å²) in [6.45, 7) is 0. The summed E-state index contributed by atoms with van der Waals surface area (Å²) in [6, 6.07) is 0. The summed E-state index contributed by atoms with van der Waals surface area (Å²) in [6.07, 6.45) is 4.05. The van der Waals surface area contributed by atoms with Crippen molar-refractivity contribution >= 4 is 18.0 Å². The summed E-state index contributed by atoms with van der Waals surface area (Å²) in [7, 11) is 1.34. The van der Waals surface area contributed by atoms with Gasteiger partial charge in [-0.2, -0.15) is 18.2 Å². The lowest BCUT2D eigenvalue weighted by Gasteiger charge is -2.15. The lowest BCUT2D eigenvalue weighted by Crippen LogP contribution is -2.17. The fourth-order valence-corrected chi connectivity index (χ4v) is 1.70. The van der Waals surface area contributed by atoms with Gasteiger partial charge in [0.25, 0.3) is 0 Å². The topological polar surface area (TPSA) is 85.7 Å². The molecule has 0 radical (unpaired) electrons. The number of hydrogen-bond donors (Lipinski definition) is 4. The van der Waals surface area contributed by atoms with Gasteiger partial charge in [0.1, 0.15) is 11.4 Å². The number of nitrogens with one attached hydrogen (secondary N) is 4. The molecule has 6 nitrogen and oxygen atoms in total. The maximum absolute atomic E-state index is 12.8.